The van der Waals surface area contributed by atoms with E-state index in [1.54, 1.807) is 12.1 Å². The number of rotatable bonds is 4. The number of hydrogen-bond donors (Lipinski definition) is 1. The summed E-state index contributed by atoms with van der Waals surface area (Å²) >= 11 is 11.9. The molecule has 0 aromatic heterocycles. The van der Waals surface area contributed by atoms with E-state index in [0.29, 0.717) is 16.6 Å². The fraction of sp³-hybridized carbons (Fsp3) is 0.538. The first-order valence-electron chi connectivity index (χ1n) is 6.13. The highest BCUT2D eigenvalue weighted by Gasteiger charge is 2.20. The molecule has 2 atom stereocenters. The fourth-order valence-corrected chi connectivity index (χ4v) is 2.29. The largest absolute Gasteiger partial charge is 0.353 e. The van der Waals surface area contributed by atoms with Crippen LogP contribution in [0, 0.1) is 0 Å². The summed E-state index contributed by atoms with van der Waals surface area (Å²) in [5, 5.41) is 1.05. The highest BCUT2D eigenvalue weighted by atomic mass is 35.5. The normalized spacial score (nSPS) is 21.8. The summed E-state index contributed by atoms with van der Waals surface area (Å²) in [7, 11) is 0. The fourth-order valence-electron chi connectivity index (χ4n) is 1.98. The highest BCUT2D eigenvalue weighted by molar-refractivity contribution is 6.42. The van der Waals surface area contributed by atoms with Crippen molar-refractivity contribution in [2.45, 2.75) is 31.7 Å². The lowest BCUT2D eigenvalue weighted by molar-refractivity contribution is -0.187. The van der Waals surface area contributed by atoms with Crippen LogP contribution in [-0.4, -0.2) is 19.4 Å². The molecule has 0 aliphatic carbocycles. The lowest BCUT2D eigenvalue weighted by Gasteiger charge is -2.27. The van der Waals surface area contributed by atoms with E-state index >= 15 is 0 Å². The minimum absolute atomic E-state index is 0.165. The number of hydrogen-bond acceptors (Lipinski definition) is 3. The van der Waals surface area contributed by atoms with E-state index in [9.17, 15) is 0 Å². The molecule has 100 valence electrons. The Labute approximate surface area is 117 Å². The molecule has 0 amide bonds. The van der Waals surface area contributed by atoms with Crippen molar-refractivity contribution in [3.8, 4) is 0 Å². The Hall–Kier alpha value is -0.320. The van der Waals surface area contributed by atoms with Crippen LogP contribution in [0.5, 0.6) is 0 Å². The average molecular weight is 290 g/mol. The van der Waals surface area contributed by atoms with Gasteiger partial charge in [0.05, 0.1) is 16.1 Å². The predicted molar refractivity (Wildman–Crippen MR) is 72.9 cm³/mol. The first-order valence-corrected chi connectivity index (χ1v) is 6.88. The molecular weight excluding hydrogens is 273 g/mol. The Morgan fingerprint density at radius 2 is 2.17 bits per heavy atom. The van der Waals surface area contributed by atoms with E-state index in [4.69, 9.17) is 38.4 Å². The molecule has 1 aliphatic heterocycles. The van der Waals surface area contributed by atoms with Gasteiger partial charge in [0.15, 0.2) is 6.29 Å². The van der Waals surface area contributed by atoms with Gasteiger partial charge in [0.1, 0.15) is 0 Å². The number of nitrogens with two attached hydrogens (primary N) is 1. The zero-order valence-electron chi connectivity index (χ0n) is 10.1. The van der Waals surface area contributed by atoms with Crippen molar-refractivity contribution in [3.63, 3.8) is 0 Å². The smallest absolute Gasteiger partial charge is 0.158 e. The lowest BCUT2D eigenvalue weighted by atomic mass is 10.1. The van der Waals surface area contributed by atoms with Gasteiger partial charge in [0.2, 0.25) is 0 Å². The first kappa shape index (κ1) is 14.1. The molecule has 0 radical (unpaired) electrons. The maximum Gasteiger partial charge on any atom is 0.158 e. The second kappa shape index (κ2) is 6.73. The van der Waals surface area contributed by atoms with Gasteiger partial charge in [-0.3, -0.25) is 0 Å². The van der Waals surface area contributed by atoms with Crippen LogP contribution in [0.25, 0.3) is 0 Å². The molecule has 1 aromatic carbocycles. The molecule has 5 heteroatoms. The Morgan fingerprint density at radius 3 is 2.78 bits per heavy atom. The third-order valence-electron chi connectivity index (χ3n) is 2.98. The van der Waals surface area contributed by atoms with Crippen LogP contribution in [0.15, 0.2) is 18.2 Å². The Morgan fingerprint density at radius 1 is 1.33 bits per heavy atom. The van der Waals surface area contributed by atoms with Crippen molar-refractivity contribution < 1.29 is 9.47 Å². The standard InChI is InChI=1S/C13H17Cl2NO2/c14-10-5-4-9(7-11(10)15)12(8-16)18-13-3-1-2-6-17-13/h4-5,7,12-13H,1-3,6,8,16H2. The maximum atomic E-state index is 6.00. The quantitative estimate of drug-likeness (QED) is 0.922. The Kier molecular flexibility index (Phi) is 5.27. The van der Waals surface area contributed by atoms with Crippen LogP contribution in [0.2, 0.25) is 10.0 Å². The summed E-state index contributed by atoms with van der Waals surface area (Å²) < 4.78 is 11.4. The Bertz CT molecular complexity index is 395. The zero-order chi connectivity index (χ0) is 13.0. The molecule has 3 nitrogen and oxygen atoms in total. The topological polar surface area (TPSA) is 44.5 Å². The van der Waals surface area contributed by atoms with Crippen molar-refractivity contribution in [2.24, 2.45) is 5.73 Å². The van der Waals surface area contributed by atoms with Gasteiger partial charge < -0.3 is 15.2 Å². The number of halogens is 2. The molecular formula is C13H17Cl2NO2. The van der Waals surface area contributed by atoms with Gasteiger partial charge >= 0.3 is 0 Å². The van der Waals surface area contributed by atoms with Crippen LogP contribution < -0.4 is 5.73 Å². The summed E-state index contributed by atoms with van der Waals surface area (Å²) in [6, 6.07) is 5.44. The molecule has 2 rings (SSSR count). The third kappa shape index (κ3) is 3.59. The molecule has 0 bridgehead atoms. The van der Waals surface area contributed by atoms with Gasteiger partial charge in [-0.05, 0) is 37.0 Å². The van der Waals surface area contributed by atoms with Gasteiger partial charge in [0, 0.05) is 13.2 Å². The van der Waals surface area contributed by atoms with Crippen LogP contribution in [0.1, 0.15) is 30.9 Å². The molecule has 2 N–H and O–H groups in total. The average Bonchev–Trinajstić information content (AvgIpc) is 2.40. The second-order valence-electron chi connectivity index (χ2n) is 4.33. The van der Waals surface area contributed by atoms with E-state index in [1.165, 1.54) is 0 Å². The molecule has 1 aromatic rings. The number of ether oxygens (including phenoxy) is 2. The van der Waals surface area contributed by atoms with Crippen molar-refractivity contribution >= 4 is 23.2 Å². The van der Waals surface area contributed by atoms with E-state index < -0.39 is 0 Å². The third-order valence-corrected chi connectivity index (χ3v) is 3.72. The number of benzene rings is 1. The summed E-state index contributed by atoms with van der Waals surface area (Å²) in [5.41, 5.74) is 6.69. The van der Waals surface area contributed by atoms with Crippen molar-refractivity contribution in [3.05, 3.63) is 33.8 Å². The summed E-state index contributed by atoms with van der Waals surface area (Å²) in [6.07, 6.45) is 2.77. The van der Waals surface area contributed by atoms with Gasteiger partial charge in [-0.2, -0.15) is 0 Å². The van der Waals surface area contributed by atoms with Crippen LogP contribution in [-0.2, 0) is 9.47 Å². The summed E-state index contributed by atoms with van der Waals surface area (Å²) in [4.78, 5) is 0. The van der Waals surface area contributed by atoms with E-state index in [0.717, 1.165) is 31.4 Å². The van der Waals surface area contributed by atoms with Crippen molar-refractivity contribution in [1.29, 1.82) is 0 Å². The zero-order valence-corrected chi connectivity index (χ0v) is 11.6. The highest BCUT2D eigenvalue weighted by Crippen LogP contribution is 2.28. The summed E-state index contributed by atoms with van der Waals surface area (Å²) in [5.74, 6) is 0. The van der Waals surface area contributed by atoms with Crippen LogP contribution >= 0.6 is 23.2 Å². The Balaban J connectivity index is 2.04. The van der Waals surface area contributed by atoms with Crippen molar-refractivity contribution in [2.75, 3.05) is 13.2 Å². The SMILES string of the molecule is NCC(OC1CCCCO1)c1ccc(Cl)c(Cl)c1. The first-order chi connectivity index (χ1) is 8.70. The van der Waals surface area contributed by atoms with Crippen LogP contribution in [0.3, 0.4) is 0 Å². The molecule has 1 saturated heterocycles. The molecule has 1 aliphatic rings. The van der Waals surface area contributed by atoms with Crippen molar-refractivity contribution in [1.82, 2.24) is 0 Å². The minimum Gasteiger partial charge on any atom is -0.353 e. The molecule has 1 heterocycles. The van der Waals surface area contributed by atoms with Gasteiger partial charge in [0.25, 0.3) is 0 Å². The van der Waals surface area contributed by atoms with Gasteiger partial charge in [-0.15, -0.1) is 0 Å². The van der Waals surface area contributed by atoms with Crippen LogP contribution in [0.4, 0.5) is 0 Å². The van der Waals surface area contributed by atoms with Gasteiger partial charge in [-0.1, -0.05) is 29.3 Å². The second-order valence-corrected chi connectivity index (χ2v) is 5.14. The molecule has 0 spiro atoms. The molecule has 18 heavy (non-hydrogen) atoms. The van der Waals surface area contributed by atoms with E-state index in [-0.39, 0.29) is 12.4 Å². The maximum absolute atomic E-state index is 6.00. The molecule has 0 saturated carbocycles. The van der Waals surface area contributed by atoms with Gasteiger partial charge in [-0.25, -0.2) is 0 Å². The molecule has 2 unspecified atom stereocenters. The minimum atomic E-state index is -0.206. The van der Waals surface area contributed by atoms with E-state index in [2.05, 4.69) is 0 Å². The predicted octanol–water partition coefficient (Wildman–Crippen LogP) is 3.54. The van der Waals surface area contributed by atoms with E-state index in [1.807, 2.05) is 6.07 Å². The lowest BCUT2D eigenvalue weighted by Crippen LogP contribution is -2.27. The monoisotopic (exact) mass is 289 g/mol. The molecule has 1 fully saturated rings. The summed E-state index contributed by atoms with van der Waals surface area (Å²) in [6.45, 7) is 1.14.